The van der Waals surface area contributed by atoms with Gasteiger partial charge in [0.05, 0.1) is 11.8 Å². The van der Waals surface area contributed by atoms with Crippen LogP contribution in [-0.4, -0.2) is 63.6 Å². The molecule has 0 bridgehead atoms. The Labute approximate surface area is 251 Å². The minimum absolute atomic E-state index is 0.00931. The first kappa shape index (κ1) is 28.0. The molecule has 2 aliphatic carbocycles. The van der Waals surface area contributed by atoms with Crippen LogP contribution in [0.3, 0.4) is 0 Å². The molecule has 226 valence electrons. The van der Waals surface area contributed by atoms with Gasteiger partial charge in [0.1, 0.15) is 29.7 Å². The Kier molecular flexibility index (Phi) is 7.19. The third-order valence-electron chi connectivity index (χ3n) is 9.49. The summed E-state index contributed by atoms with van der Waals surface area (Å²) >= 11 is 0. The predicted molar refractivity (Wildman–Crippen MR) is 160 cm³/mol. The van der Waals surface area contributed by atoms with Crippen molar-refractivity contribution in [2.45, 2.75) is 77.6 Å². The van der Waals surface area contributed by atoms with Gasteiger partial charge in [-0.15, -0.1) is 0 Å². The van der Waals surface area contributed by atoms with E-state index in [9.17, 15) is 9.18 Å². The highest BCUT2D eigenvalue weighted by Crippen LogP contribution is 2.52. The van der Waals surface area contributed by atoms with E-state index in [1.54, 1.807) is 6.20 Å². The van der Waals surface area contributed by atoms with E-state index in [4.69, 9.17) is 9.47 Å². The van der Waals surface area contributed by atoms with Crippen LogP contribution in [0.1, 0.15) is 68.1 Å². The van der Waals surface area contributed by atoms with Gasteiger partial charge >= 0.3 is 0 Å². The highest BCUT2D eigenvalue weighted by molar-refractivity contribution is 5.97. The SMILES string of the molecule is CC1CC(N(C(=O)c2cc(F)ccc2Oc2cncnc2N2CC3(CC(Oc4ccnc5c4CNCC5)C3)C2)C(C)C)C1. The summed E-state index contributed by atoms with van der Waals surface area (Å²) in [4.78, 5) is 31.1. The van der Waals surface area contributed by atoms with Gasteiger partial charge < -0.3 is 24.6 Å². The molecule has 1 saturated heterocycles. The van der Waals surface area contributed by atoms with Gasteiger partial charge in [-0.3, -0.25) is 9.78 Å². The minimum Gasteiger partial charge on any atom is -0.490 e. The van der Waals surface area contributed by atoms with E-state index in [2.05, 4.69) is 32.1 Å². The number of amides is 1. The highest BCUT2D eigenvalue weighted by Gasteiger charge is 2.54. The maximum absolute atomic E-state index is 14.4. The first-order valence-electron chi connectivity index (χ1n) is 15.5. The molecule has 1 aromatic carbocycles. The van der Waals surface area contributed by atoms with Crippen molar-refractivity contribution in [1.29, 1.82) is 0 Å². The zero-order valence-corrected chi connectivity index (χ0v) is 25.1. The van der Waals surface area contributed by atoms with Crippen LogP contribution in [0, 0.1) is 17.2 Å². The second-order valence-electron chi connectivity index (χ2n) is 13.2. The number of aromatic nitrogens is 3. The number of carbonyl (C=O) groups excluding carboxylic acids is 1. The smallest absolute Gasteiger partial charge is 0.258 e. The molecule has 43 heavy (non-hydrogen) atoms. The van der Waals surface area contributed by atoms with E-state index in [1.807, 2.05) is 31.0 Å². The van der Waals surface area contributed by atoms with Crippen molar-refractivity contribution in [3.63, 3.8) is 0 Å². The van der Waals surface area contributed by atoms with Crippen molar-refractivity contribution in [1.82, 2.24) is 25.2 Å². The molecule has 10 heteroatoms. The molecule has 3 aromatic rings. The second kappa shape index (κ2) is 11.0. The number of hydrogen-bond donors (Lipinski definition) is 1. The zero-order chi connectivity index (χ0) is 29.7. The van der Waals surface area contributed by atoms with Gasteiger partial charge in [0.15, 0.2) is 11.6 Å². The Bertz CT molecular complexity index is 1510. The van der Waals surface area contributed by atoms with Gasteiger partial charge in [-0.1, -0.05) is 6.92 Å². The number of nitrogens with one attached hydrogen (secondary N) is 1. The van der Waals surface area contributed by atoms with Crippen LogP contribution in [-0.2, 0) is 13.0 Å². The molecule has 1 spiro atoms. The predicted octanol–water partition coefficient (Wildman–Crippen LogP) is 5.15. The third kappa shape index (κ3) is 5.30. The summed E-state index contributed by atoms with van der Waals surface area (Å²) < 4.78 is 27.2. The van der Waals surface area contributed by atoms with E-state index < -0.39 is 5.82 Å². The summed E-state index contributed by atoms with van der Waals surface area (Å²) in [5, 5.41) is 3.42. The molecule has 0 unspecified atom stereocenters. The number of nitrogens with zero attached hydrogens (tertiary/aromatic N) is 5. The van der Waals surface area contributed by atoms with E-state index in [1.165, 1.54) is 30.1 Å². The first-order chi connectivity index (χ1) is 20.8. The van der Waals surface area contributed by atoms with Crippen LogP contribution in [0.5, 0.6) is 17.2 Å². The number of benzene rings is 1. The number of fused-ring (bicyclic) bond motifs is 1. The van der Waals surface area contributed by atoms with Crippen molar-refractivity contribution in [3.05, 3.63) is 65.6 Å². The van der Waals surface area contributed by atoms with Crippen molar-refractivity contribution in [3.8, 4) is 17.2 Å². The minimum atomic E-state index is -0.471. The van der Waals surface area contributed by atoms with Crippen LogP contribution in [0.4, 0.5) is 10.2 Å². The third-order valence-corrected chi connectivity index (χ3v) is 9.49. The lowest BCUT2D eigenvalue weighted by molar-refractivity contribution is -0.0349. The number of halogens is 1. The fourth-order valence-electron chi connectivity index (χ4n) is 7.34. The van der Waals surface area contributed by atoms with Gasteiger partial charge in [-0.2, -0.15) is 0 Å². The standard InChI is InChI=1S/C33H39FN6O3/c1-20(2)40(23-10-21(3)11-23)32(41)25-12-22(34)4-5-28(25)43-30-16-36-19-38-31(30)39-17-33(18-39)13-24(14-33)42-29-7-9-37-27-6-8-35-15-26(27)29/h4-5,7,9,12,16,19-21,23-24,35H,6,8,10-11,13-15,17-18H2,1-3H3. The lowest BCUT2D eigenvalue weighted by Gasteiger charge is -2.59. The molecule has 0 radical (unpaired) electrons. The molecule has 0 atom stereocenters. The maximum atomic E-state index is 14.4. The van der Waals surface area contributed by atoms with Gasteiger partial charge in [-0.05, 0) is 69.7 Å². The molecule has 1 N–H and O–H groups in total. The molecule has 1 amide bonds. The molecule has 2 saturated carbocycles. The number of pyridine rings is 1. The summed E-state index contributed by atoms with van der Waals surface area (Å²) in [6, 6.07) is 6.26. The fourth-order valence-corrected chi connectivity index (χ4v) is 7.34. The van der Waals surface area contributed by atoms with E-state index in [-0.39, 0.29) is 35.1 Å². The molecule has 2 aliphatic heterocycles. The van der Waals surface area contributed by atoms with E-state index >= 15 is 0 Å². The van der Waals surface area contributed by atoms with Crippen molar-refractivity contribution in [2.75, 3.05) is 24.5 Å². The number of anilines is 1. The molecule has 7 rings (SSSR count). The van der Waals surface area contributed by atoms with Gasteiger partial charge in [0, 0.05) is 67.6 Å². The molecule has 3 fully saturated rings. The molecule has 2 aromatic heterocycles. The maximum Gasteiger partial charge on any atom is 0.258 e. The summed E-state index contributed by atoms with van der Waals surface area (Å²) in [6.45, 7) is 9.63. The van der Waals surface area contributed by atoms with Gasteiger partial charge in [0.2, 0.25) is 0 Å². The Morgan fingerprint density at radius 1 is 1.14 bits per heavy atom. The van der Waals surface area contributed by atoms with Crippen LogP contribution >= 0.6 is 0 Å². The molecular formula is C33H39FN6O3. The van der Waals surface area contributed by atoms with Crippen LogP contribution < -0.4 is 19.7 Å². The molecular weight excluding hydrogens is 547 g/mol. The molecule has 4 aliphatic rings. The van der Waals surface area contributed by atoms with Crippen LogP contribution in [0.2, 0.25) is 0 Å². The Hall–Kier alpha value is -3.79. The first-order valence-corrected chi connectivity index (χ1v) is 15.5. The van der Waals surface area contributed by atoms with Gasteiger partial charge in [-0.25, -0.2) is 14.4 Å². The summed E-state index contributed by atoms with van der Waals surface area (Å²) in [6.07, 6.45) is 9.97. The summed E-state index contributed by atoms with van der Waals surface area (Å²) in [5.41, 5.74) is 2.73. The number of hydrogen-bond acceptors (Lipinski definition) is 8. The topological polar surface area (TPSA) is 92.7 Å². The molecule has 9 nitrogen and oxygen atoms in total. The average Bonchev–Trinajstić information content (AvgIpc) is 2.94. The lowest BCUT2D eigenvalue weighted by atomic mass is 9.61. The lowest BCUT2D eigenvalue weighted by Crippen LogP contribution is -2.65. The zero-order valence-electron chi connectivity index (χ0n) is 25.1. The second-order valence-corrected chi connectivity index (χ2v) is 13.2. The van der Waals surface area contributed by atoms with Crippen molar-refractivity contribution < 1.29 is 18.7 Å². The normalized spacial score (nSPS) is 22.3. The van der Waals surface area contributed by atoms with Gasteiger partial charge in [0.25, 0.3) is 5.91 Å². The number of rotatable bonds is 8. The molecule has 4 heterocycles. The summed E-state index contributed by atoms with van der Waals surface area (Å²) in [5.74, 6) is 2.29. The van der Waals surface area contributed by atoms with E-state index in [0.29, 0.717) is 23.2 Å². The summed E-state index contributed by atoms with van der Waals surface area (Å²) in [7, 11) is 0. The monoisotopic (exact) mass is 586 g/mol. The van der Waals surface area contributed by atoms with E-state index in [0.717, 1.165) is 69.7 Å². The quantitative estimate of drug-likeness (QED) is 0.388. The largest absolute Gasteiger partial charge is 0.490 e. The average molecular weight is 587 g/mol. The Morgan fingerprint density at radius 3 is 2.72 bits per heavy atom. The Balaban J connectivity index is 1.03. The van der Waals surface area contributed by atoms with Crippen LogP contribution in [0.15, 0.2) is 43.0 Å². The Morgan fingerprint density at radius 2 is 1.95 bits per heavy atom. The van der Waals surface area contributed by atoms with Crippen molar-refractivity contribution >= 4 is 11.7 Å². The number of carbonyl (C=O) groups is 1. The van der Waals surface area contributed by atoms with Crippen LogP contribution in [0.25, 0.3) is 0 Å². The highest BCUT2D eigenvalue weighted by atomic mass is 19.1. The fraction of sp³-hybridized carbons (Fsp3) is 0.515. The van der Waals surface area contributed by atoms with Crippen molar-refractivity contribution in [2.24, 2.45) is 11.3 Å². The number of ether oxygens (including phenoxy) is 2.